The molecule has 2 heterocycles. The van der Waals surface area contributed by atoms with Crippen LogP contribution in [0.2, 0.25) is 0 Å². The first-order chi connectivity index (χ1) is 16.5. The van der Waals surface area contributed by atoms with Crippen LogP contribution in [0.25, 0.3) is 0 Å². The van der Waals surface area contributed by atoms with Gasteiger partial charge in [-0.1, -0.05) is 26.0 Å². The molecule has 1 aromatic rings. The third kappa shape index (κ3) is 6.52. The van der Waals surface area contributed by atoms with Crippen LogP contribution >= 0.6 is 0 Å². The molecule has 1 fully saturated rings. The van der Waals surface area contributed by atoms with Gasteiger partial charge in [0.2, 0.25) is 5.91 Å². The van der Waals surface area contributed by atoms with E-state index < -0.39 is 0 Å². The second-order valence-electron chi connectivity index (χ2n) is 10.4. The van der Waals surface area contributed by atoms with Crippen molar-refractivity contribution in [2.75, 3.05) is 33.4 Å². The van der Waals surface area contributed by atoms with E-state index in [9.17, 15) is 10.1 Å². The Morgan fingerprint density at radius 3 is 2.71 bits per heavy atom. The molecule has 1 N–H and O–H groups in total. The maximum atomic E-state index is 13.0. The van der Waals surface area contributed by atoms with E-state index in [-0.39, 0.29) is 23.5 Å². The summed E-state index contributed by atoms with van der Waals surface area (Å²) in [6.07, 6.45) is 2.85. The Labute approximate surface area is 209 Å². The van der Waals surface area contributed by atoms with E-state index in [1.807, 2.05) is 70.0 Å². The van der Waals surface area contributed by atoms with Gasteiger partial charge < -0.3 is 24.7 Å². The average Bonchev–Trinajstić information content (AvgIpc) is 2.81. The van der Waals surface area contributed by atoms with Gasteiger partial charge in [-0.05, 0) is 50.0 Å². The second-order valence-corrected chi connectivity index (χ2v) is 10.4. The fourth-order valence-electron chi connectivity index (χ4n) is 4.67. The molecule has 188 valence electrons. The summed E-state index contributed by atoms with van der Waals surface area (Å²) < 4.78 is 11.3. The molecule has 1 amide bonds. The summed E-state index contributed by atoms with van der Waals surface area (Å²) in [5.74, 6) is 0.901. The summed E-state index contributed by atoms with van der Waals surface area (Å²) in [5, 5.41) is 18.6. The van der Waals surface area contributed by atoms with E-state index in [1.54, 1.807) is 7.11 Å². The molecule has 0 spiro atoms. The van der Waals surface area contributed by atoms with Gasteiger partial charge in [0.05, 0.1) is 31.3 Å². The van der Waals surface area contributed by atoms with Crippen molar-refractivity contribution >= 4 is 11.6 Å². The van der Waals surface area contributed by atoms with Gasteiger partial charge in [0.1, 0.15) is 11.8 Å². The van der Waals surface area contributed by atoms with Crippen molar-refractivity contribution in [1.29, 1.82) is 10.7 Å². The number of ether oxygens (including phenoxy) is 2. The standard InChI is InChI=1S/C28H38N4O3/c1-19(2)27(30)25-18-35-28(4,5)14-24(25)22(15-29)17-31-10-11-32(20(3)16-31)26(33)13-21-8-7-9-23(12-21)34-6/h7-9,12,17,19-20,30H,10-11,13-14,16,18H2,1-6H3/b22-17+,30-27?/t20-/m1/s1. The SMILES string of the molecule is COc1cccc(CC(=O)N2CCN(/C=C(\C#N)C3=C(C(=N)C(C)C)COC(C)(C)C3)C[C@H]2C)c1. The van der Waals surface area contributed by atoms with E-state index in [4.69, 9.17) is 14.9 Å². The first kappa shape index (κ1) is 26.5. The smallest absolute Gasteiger partial charge is 0.227 e. The highest BCUT2D eigenvalue weighted by atomic mass is 16.5. The van der Waals surface area contributed by atoms with Crippen molar-refractivity contribution in [2.24, 2.45) is 5.92 Å². The molecule has 1 saturated heterocycles. The van der Waals surface area contributed by atoms with Crippen LogP contribution < -0.4 is 4.74 Å². The lowest BCUT2D eigenvalue weighted by atomic mass is 9.84. The molecule has 0 radical (unpaired) electrons. The molecule has 35 heavy (non-hydrogen) atoms. The molecule has 3 rings (SSSR count). The highest BCUT2D eigenvalue weighted by molar-refractivity contribution is 6.01. The van der Waals surface area contributed by atoms with Crippen LogP contribution in [0.5, 0.6) is 5.75 Å². The molecule has 7 nitrogen and oxygen atoms in total. The molecular weight excluding hydrogens is 440 g/mol. The van der Waals surface area contributed by atoms with Crippen molar-refractivity contribution in [1.82, 2.24) is 9.80 Å². The number of methoxy groups -OCH3 is 1. The Bertz CT molecular complexity index is 1060. The monoisotopic (exact) mass is 478 g/mol. The number of allylic oxidation sites excluding steroid dienone is 1. The summed E-state index contributed by atoms with van der Waals surface area (Å²) in [5.41, 5.74) is 3.40. The molecule has 0 aliphatic carbocycles. The normalized spacial score (nSPS) is 20.6. The summed E-state index contributed by atoms with van der Waals surface area (Å²) in [4.78, 5) is 17.1. The number of hydrogen-bond acceptors (Lipinski definition) is 6. The zero-order valence-electron chi connectivity index (χ0n) is 21.9. The Balaban J connectivity index is 1.75. The number of carbonyl (C=O) groups excluding carboxylic acids is 1. The van der Waals surface area contributed by atoms with Crippen molar-refractivity contribution < 1.29 is 14.3 Å². The Morgan fingerprint density at radius 2 is 2.09 bits per heavy atom. The highest BCUT2D eigenvalue weighted by Gasteiger charge is 2.33. The predicted octanol–water partition coefficient (Wildman–Crippen LogP) is 4.35. The summed E-state index contributed by atoms with van der Waals surface area (Å²) in [6.45, 7) is 12.3. The van der Waals surface area contributed by atoms with Crippen LogP contribution in [0.3, 0.4) is 0 Å². The van der Waals surface area contributed by atoms with Crippen molar-refractivity contribution in [3.63, 3.8) is 0 Å². The number of nitrogens with zero attached hydrogens (tertiary/aromatic N) is 3. The molecule has 2 aliphatic rings. The van der Waals surface area contributed by atoms with Gasteiger partial charge in [-0.3, -0.25) is 4.79 Å². The van der Waals surface area contributed by atoms with Crippen molar-refractivity contribution in [3.05, 3.63) is 52.7 Å². The van der Waals surface area contributed by atoms with E-state index in [2.05, 4.69) is 11.0 Å². The van der Waals surface area contributed by atoms with Crippen molar-refractivity contribution in [2.45, 2.75) is 59.1 Å². The fraction of sp³-hybridized carbons (Fsp3) is 0.536. The Hall–Kier alpha value is -3.11. The summed E-state index contributed by atoms with van der Waals surface area (Å²) in [7, 11) is 1.62. The maximum Gasteiger partial charge on any atom is 0.227 e. The summed E-state index contributed by atoms with van der Waals surface area (Å²) in [6, 6.07) is 10.0. The van der Waals surface area contributed by atoms with Gasteiger partial charge >= 0.3 is 0 Å². The topological polar surface area (TPSA) is 89.7 Å². The highest BCUT2D eigenvalue weighted by Crippen LogP contribution is 2.34. The van der Waals surface area contributed by atoms with Crippen LogP contribution in [-0.4, -0.2) is 66.4 Å². The molecule has 0 aromatic heterocycles. The van der Waals surface area contributed by atoms with E-state index in [1.165, 1.54) is 0 Å². The molecule has 0 unspecified atom stereocenters. The minimum Gasteiger partial charge on any atom is -0.497 e. The molecule has 7 heteroatoms. The van der Waals surface area contributed by atoms with Gasteiger partial charge in [0.15, 0.2) is 0 Å². The Kier molecular flexibility index (Phi) is 8.39. The molecule has 2 aliphatic heterocycles. The minimum atomic E-state index is -0.384. The van der Waals surface area contributed by atoms with Crippen LogP contribution in [0.4, 0.5) is 0 Å². The number of nitriles is 1. The van der Waals surface area contributed by atoms with E-state index >= 15 is 0 Å². The van der Waals surface area contributed by atoms with Gasteiger partial charge in [-0.15, -0.1) is 0 Å². The lowest BCUT2D eigenvalue weighted by molar-refractivity contribution is -0.134. The quantitative estimate of drug-likeness (QED) is 0.465. The first-order valence-corrected chi connectivity index (χ1v) is 12.3. The number of amides is 1. The number of hydrogen-bond donors (Lipinski definition) is 1. The number of benzene rings is 1. The predicted molar refractivity (Wildman–Crippen MR) is 137 cm³/mol. The second kappa shape index (κ2) is 11.1. The zero-order chi connectivity index (χ0) is 25.8. The van der Waals surface area contributed by atoms with Gasteiger partial charge in [0, 0.05) is 49.6 Å². The lowest BCUT2D eigenvalue weighted by Gasteiger charge is -2.40. The molecule has 1 atom stereocenters. The van der Waals surface area contributed by atoms with Crippen molar-refractivity contribution in [3.8, 4) is 11.8 Å². The summed E-state index contributed by atoms with van der Waals surface area (Å²) >= 11 is 0. The molecule has 1 aromatic carbocycles. The van der Waals surface area contributed by atoms with Gasteiger partial charge in [-0.2, -0.15) is 5.26 Å². The Morgan fingerprint density at radius 1 is 1.34 bits per heavy atom. The molecule has 0 saturated carbocycles. The van der Waals surface area contributed by atoms with E-state index in [0.29, 0.717) is 50.4 Å². The van der Waals surface area contributed by atoms with Gasteiger partial charge in [-0.25, -0.2) is 0 Å². The number of rotatable bonds is 7. The maximum absolute atomic E-state index is 13.0. The number of carbonyl (C=O) groups is 1. The third-order valence-electron chi connectivity index (χ3n) is 6.70. The van der Waals surface area contributed by atoms with Crippen LogP contribution in [-0.2, 0) is 16.0 Å². The minimum absolute atomic E-state index is 0.0200. The lowest BCUT2D eigenvalue weighted by Crippen LogP contribution is -2.53. The fourth-order valence-corrected chi connectivity index (χ4v) is 4.67. The molecule has 0 bridgehead atoms. The van der Waals surface area contributed by atoms with Crippen LogP contribution in [0.15, 0.2) is 47.2 Å². The molecular formula is C28H38N4O3. The third-order valence-corrected chi connectivity index (χ3v) is 6.70. The van der Waals surface area contributed by atoms with Gasteiger partial charge in [0.25, 0.3) is 0 Å². The van der Waals surface area contributed by atoms with Crippen LogP contribution in [0, 0.1) is 22.7 Å². The largest absolute Gasteiger partial charge is 0.497 e. The number of piperazine rings is 1. The first-order valence-electron chi connectivity index (χ1n) is 12.3. The zero-order valence-corrected chi connectivity index (χ0v) is 21.9. The average molecular weight is 479 g/mol. The van der Waals surface area contributed by atoms with Crippen LogP contribution in [0.1, 0.15) is 46.6 Å². The number of nitrogens with one attached hydrogen (secondary N) is 1. The van der Waals surface area contributed by atoms with E-state index in [0.717, 1.165) is 22.5 Å².